The first-order valence-corrected chi connectivity index (χ1v) is 7.37. The molecule has 0 spiro atoms. The van der Waals surface area contributed by atoms with E-state index in [4.69, 9.17) is 0 Å². The Labute approximate surface area is 119 Å². The third-order valence-corrected chi connectivity index (χ3v) is 4.22. The summed E-state index contributed by atoms with van der Waals surface area (Å²) in [5.74, 6) is 0.960. The van der Waals surface area contributed by atoms with E-state index in [2.05, 4.69) is 17.0 Å². The van der Waals surface area contributed by atoms with Crippen molar-refractivity contribution in [2.24, 2.45) is 5.92 Å². The Kier molecular flexibility index (Phi) is 5.35. The summed E-state index contributed by atoms with van der Waals surface area (Å²) < 4.78 is 29.5. The molecule has 4 heteroatoms. The van der Waals surface area contributed by atoms with E-state index in [1.54, 1.807) is 12.1 Å². The van der Waals surface area contributed by atoms with Gasteiger partial charge in [-0.15, -0.1) is 0 Å². The van der Waals surface area contributed by atoms with Gasteiger partial charge in [0, 0.05) is 17.6 Å². The maximum absolute atomic E-state index is 12.4. The summed E-state index contributed by atoms with van der Waals surface area (Å²) in [5.41, 5.74) is 0.789. The minimum Gasteiger partial charge on any atom is -0.434 e. The van der Waals surface area contributed by atoms with E-state index < -0.39 is 6.61 Å². The van der Waals surface area contributed by atoms with Crippen molar-refractivity contribution in [3.8, 4) is 5.75 Å². The van der Waals surface area contributed by atoms with Gasteiger partial charge in [-0.05, 0) is 38.7 Å². The molecule has 1 N–H and O–H groups in total. The molecule has 2 rings (SSSR count). The fourth-order valence-electron chi connectivity index (χ4n) is 3.12. The molecule has 0 amide bonds. The first kappa shape index (κ1) is 15.2. The fourth-order valence-corrected chi connectivity index (χ4v) is 3.12. The van der Waals surface area contributed by atoms with Crippen molar-refractivity contribution in [3.63, 3.8) is 0 Å². The zero-order chi connectivity index (χ0) is 14.5. The molecule has 1 fully saturated rings. The number of alkyl halides is 2. The Morgan fingerprint density at radius 3 is 2.45 bits per heavy atom. The highest BCUT2D eigenvalue weighted by atomic mass is 19.3. The monoisotopic (exact) mass is 283 g/mol. The molecule has 0 heterocycles. The zero-order valence-electron chi connectivity index (χ0n) is 12.1. The highest BCUT2D eigenvalue weighted by molar-refractivity contribution is 5.35. The molecule has 0 bridgehead atoms. The maximum Gasteiger partial charge on any atom is 0.387 e. The summed E-state index contributed by atoms with van der Waals surface area (Å²) in [4.78, 5) is 0. The highest BCUT2D eigenvalue weighted by Crippen LogP contribution is 2.31. The van der Waals surface area contributed by atoms with Gasteiger partial charge in [0.15, 0.2) is 0 Å². The van der Waals surface area contributed by atoms with Gasteiger partial charge in [0.1, 0.15) is 5.75 Å². The van der Waals surface area contributed by atoms with Crippen molar-refractivity contribution >= 4 is 0 Å². The van der Waals surface area contributed by atoms with Crippen molar-refractivity contribution in [3.05, 3.63) is 29.8 Å². The Hall–Kier alpha value is -1.16. The second-order valence-corrected chi connectivity index (χ2v) is 5.64. The fraction of sp³-hybridized carbons (Fsp3) is 0.625. The Morgan fingerprint density at radius 1 is 1.15 bits per heavy atom. The number of nitrogens with one attached hydrogen (secondary N) is 1. The number of hydrogen-bond donors (Lipinski definition) is 1. The summed E-state index contributed by atoms with van der Waals surface area (Å²) >= 11 is 0. The third kappa shape index (κ3) is 3.92. The lowest BCUT2D eigenvalue weighted by Gasteiger charge is -2.26. The molecule has 1 unspecified atom stereocenters. The number of benzene rings is 1. The second-order valence-electron chi connectivity index (χ2n) is 5.64. The molecular formula is C16H23F2NO. The second kappa shape index (κ2) is 7.02. The first-order chi connectivity index (χ1) is 9.58. The smallest absolute Gasteiger partial charge is 0.387 e. The maximum atomic E-state index is 12.4. The van der Waals surface area contributed by atoms with Crippen molar-refractivity contribution in [1.29, 1.82) is 0 Å². The Morgan fingerprint density at radius 2 is 1.80 bits per heavy atom. The van der Waals surface area contributed by atoms with E-state index in [0.29, 0.717) is 12.0 Å². The lowest BCUT2D eigenvalue weighted by Crippen LogP contribution is -2.34. The van der Waals surface area contributed by atoms with E-state index in [0.717, 1.165) is 5.56 Å². The molecule has 1 aromatic carbocycles. The molecule has 2 atom stereocenters. The zero-order valence-corrected chi connectivity index (χ0v) is 12.1. The SMILES string of the molecule is CC(N[C@@H](C)C1CCCC1)c1ccccc1OC(F)F. The van der Waals surface area contributed by atoms with Crippen LogP contribution in [0.5, 0.6) is 5.75 Å². The van der Waals surface area contributed by atoms with Crippen LogP contribution in [-0.4, -0.2) is 12.7 Å². The van der Waals surface area contributed by atoms with Gasteiger partial charge in [-0.2, -0.15) is 8.78 Å². The van der Waals surface area contributed by atoms with Crippen LogP contribution in [0.1, 0.15) is 51.1 Å². The van der Waals surface area contributed by atoms with Crippen molar-refractivity contribution < 1.29 is 13.5 Å². The summed E-state index contributed by atoms with van der Waals surface area (Å²) in [6, 6.07) is 7.41. The van der Waals surface area contributed by atoms with Crippen molar-refractivity contribution in [2.45, 2.75) is 58.2 Å². The normalized spacial score (nSPS) is 19.2. The van der Waals surface area contributed by atoms with Crippen LogP contribution in [-0.2, 0) is 0 Å². The van der Waals surface area contributed by atoms with Crippen LogP contribution >= 0.6 is 0 Å². The minimum absolute atomic E-state index is 0.000509. The van der Waals surface area contributed by atoms with Crippen LogP contribution in [0, 0.1) is 5.92 Å². The van der Waals surface area contributed by atoms with Crippen LogP contribution in [0.25, 0.3) is 0 Å². The summed E-state index contributed by atoms with van der Waals surface area (Å²) in [6.07, 6.45) is 5.12. The highest BCUT2D eigenvalue weighted by Gasteiger charge is 2.24. The molecule has 1 aliphatic carbocycles. The number of ether oxygens (including phenoxy) is 1. The molecule has 0 aliphatic heterocycles. The summed E-state index contributed by atoms with van der Waals surface area (Å²) in [7, 11) is 0. The molecule has 1 aliphatic rings. The largest absolute Gasteiger partial charge is 0.434 e. The van der Waals surface area contributed by atoms with E-state index in [-0.39, 0.29) is 11.8 Å². The Bertz CT molecular complexity index is 419. The summed E-state index contributed by atoms with van der Waals surface area (Å²) in [6.45, 7) is 1.40. The van der Waals surface area contributed by atoms with Gasteiger partial charge in [0.25, 0.3) is 0 Å². The molecule has 0 radical (unpaired) electrons. The number of halogens is 2. The van der Waals surface area contributed by atoms with Gasteiger partial charge in [-0.1, -0.05) is 31.0 Å². The molecule has 1 aromatic rings. The topological polar surface area (TPSA) is 21.3 Å². The lowest BCUT2D eigenvalue weighted by atomic mass is 9.97. The average molecular weight is 283 g/mol. The lowest BCUT2D eigenvalue weighted by molar-refractivity contribution is -0.0507. The van der Waals surface area contributed by atoms with Gasteiger partial charge >= 0.3 is 6.61 Å². The molecule has 2 nitrogen and oxygen atoms in total. The van der Waals surface area contributed by atoms with Crippen LogP contribution < -0.4 is 10.1 Å². The van der Waals surface area contributed by atoms with Gasteiger partial charge in [-0.25, -0.2) is 0 Å². The molecule has 0 aromatic heterocycles. The standard InChI is InChI=1S/C16H23F2NO/c1-11(13-7-3-4-8-13)19-12(2)14-9-5-6-10-15(14)20-16(17)18/h5-6,9-13,16,19H,3-4,7-8H2,1-2H3/t11-,12?/m0/s1. The number of rotatable bonds is 6. The van der Waals surface area contributed by atoms with Gasteiger partial charge < -0.3 is 10.1 Å². The van der Waals surface area contributed by atoms with Gasteiger partial charge in [0.05, 0.1) is 0 Å². The molecule has 0 saturated heterocycles. The summed E-state index contributed by atoms with van der Waals surface area (Å²) in [5, 5.41) is 3.53. The van der Waals surface area contributed by atoms with E-state index in [1.807, 2.05) is 19.1 Å². The first-order valence-electron chi connectivity index (χ1n) is 7.37. The molecule has 112 valence electrons. The average Bonchev–Trinajstić information content (AvgIpc) is 2.92. The third-order valence-electron chi connectivity index (χ3n) is 4.22. The van der Waals surface area contributed by atoms with Crippen LogP contribution in [0.2, 0.25) is 0 Å². The Balaban J connectivity index is 2.02. The molecule has 20 heavy (non-hydrogen) atoms. The van der Waals surface area contributed by atoms with E-state index in [1.165, 1.54) is 25.7 Å². The molecule has 1 saturated carbocycles. The van der Waals surface area contributed by atoms with Gasteiger partial charge in [-0.3, -0.25) is 0 Å². The van der Waals surface area contributed by atoms with E-state index in [9.17, 15) is 8.78 Å². The quantitative estimate of drug-likeness (QED) is 0.829. The minimum atomic E-state index is -2.78. The predicted octanol–water partition coefficient (Wildman–Crippen LogP) is 4.52. The number of para-hydroxylation sites is 1. The van der Waals surface area contributed by atoms with Crippen molar-refractivity contribution in [1.82, 2.24) is 5.32 Å². The van der Waals surface area contributed by atoms with Crippen LogP contribution in [0.15, 0.2) is 24.3 Å². The van der Waals surface area contributed by atoms with Gasteiger partial charge in [0.2, 0.25) is 0 Å². The van der Waals surface area contributed by atoms with Crippen LogP contribution in [0.3, 0.4) is 0 Å². The van der Waals surface area contributed by atoms with E-state index >= 15 is 0 Å². The molecular weight excluding hydrogens is 260 g/mol. The predicted molar refractivity (Wildman–Crippen MR) is 76.0 cm³/mol. The number of hydrogen-bond acceptors (Lipinski definition) is 2. The van der Waals surface area contributed by atoms with Crippen molar-refractivity contribution in [2.75, 3.05) is 0 Å². The van der Waals surface area contributed by atoms with Crippen LogP contribution in [0.4, 0.5) is 8.78 Å².